The van der Waals surface area contributed by atoms with Gasteiger partial charge in [0.1, 0.15) is 5.78 Å². The summed E-state index contributed by atoms with van der Waals surface area (Å²) in [4.78, 5) is 22.2. The molecule has 100 valence electrons. The summed E-state index contributed by atoms with van der Waals surface area (Å²) < 4.78 is 5.15. The van der Waals surface area contributed by atoms with Gasteiger partial charge in [-0.2, -0.15) is 0 Å². The van der Waals surface area contributed by atoms with Crippen molar-refractivity contribution < 1.29 is 14.3 Å². The quantitative estimate of drug-likeness (QED) is 0.435. The van der Waals surface area contributed by atoms with Crippen molar-refractivity contribution >= 4 is 11.8 Å². The number of hydrogen-bond donors (Lipinski definition) is 0. The molecule has 0 spiro atoms. The van der Waals surface area contributed by atoms with Crippen molar-refractivity contribution in [1.82, 2.24) is 0 Å². The monoisotopic (exact) mass is 242 g/mol. The summed E-state index contributed by atoms with van der Waals surface area (Å²) in [6.07, 6.45) is 6.47. The summed E-state index contributed by atoms with van der Waals surface area (Å²) in [5.74, 6) is 0.159. The SMILES string of the molecule is CCCCOC(=O)C(C)CCCCCC(C)=O. The van der Waals surface area contributed by atoms with Gasteiger partial charge in [-0.1, -0.05) is 33.1 Å². The number of unbranched alkanes of at least 4 members (excludes halogenated alkanes) is 3. The van der Waals surface area contributed by atoms with Gasteiger partial charge in [-0.25, -0.2) is 0 Å². The van der Waals surface area contributed by atoms with E-state index in [4.69, 9.17) is 4.74 Å². The minimum absolute atomic E-state index is 0.0100. The molecule has 0 aliphatic heterocycles. The lowest BCUT2D eigenvalue weighted by molar-refractivity contribution is -0.148. The lowest BCUT2D eigenvalue weighted by atomic mass is 10.0. The molecule has 17 heavy (non-hydrogen) atoms. The Bertz CT molecular complexity index is 224. The molecule has 0 aliphatic carbocycles. The molecule has 0 heterocycles. The van der Waals surface area contributed by atoms with Crippen molar-refractivity contribution in [2.24, 2.45) is 5.92 Å². The standard InChI is InChI=1S/C14H26O3/c1-4-5-11-17-14(16)12(2)9-7-6-8-10-13(3)15/h12H,4-11H2,1-3H3. The van der Waals surface area contributed by atoms with Crippen LogP contribution in [0.25, 0.3) is 0 Å². The van der Waals surface area contributed by atoms with E-state index in [0.717, 1.165) is 38.5 Å². The zero-order valence-electron chi connectivity index (χ0n) is 11.5. The number of Topliss-reactive ketones (excluding diaryl/α,β-unsaturated/α-hetero) is 1. The van der Waals surface area contributed by atoms with Gasteiger partial charge in [0.05, 0.1) is 12.5 Å². The molecule has 0 fully saturated rings. The van der Waals surface area contributed by atoms with Crippen LogP contribution in [-0.4, -0.2) is 18.4 Å². The molecule has 3 nitrogen and oxygen atoms in total. The van der Waals surface area contributed by atoms with Gasteiger partial charge in [-0.05, 0) is 26.2 Å². The third-order valence-corrected chi connectivity index (χ3v) is 2.81. The maximum atomic E-state index is 11.5. The predicted molar refractivity (Wildman–Crippen MR) is 68.8 cm³/mol. The largest absolute Gasteiger partial charge is 0.465 e. The molecule has 0 amide bonds. The molecule has 0 rings (SSSR count). The van der Waals surface area contributed by atoms with Crippen LogP contribution in [0.4, 0.5) is 0 Å². The maximum absolute atomic E-state index is 11.5. The fourth-order valence-corrected chi connectivity index (χ4v) is 1.58. The average molecular weight is 242 g/mol. The van der Waals surface area contributed by atoms with Crippen LogP contribution in [0.1, 0.15) is 65.7 Å². The summed E-state index contributed by atoms with van der Waals surface area (Å²) in [5.41, 5.74) is 0. The molecule has 0 saturated carbocycles. The van der Waals surface area contributed by atoms with Crippen molar-refractivity contribution in [1.29, 1.82) is 0 Å². The highest BCUT2D eigenvalue weighted by atomic mass is 16.5. The summed E-state index contributed by atoms with van der Waals surface area (Å²) in [5, 5.41) is 0. The fourth-order valence-electron chi connectivity index (χ4n) is 1.58. The van der Waals surface area contributed by atoms with Gasteiger partial charge in [0.15, 0.2) is 0 Å². The number of rotatable bonds is 10. The van der Waals surface area contributed by atoms with Gasteiger partial charge in [0.25, 0.3) is 0 Å². The molecule has 0 aliphatic rings. The van der Waals surface area contributed by atoms with E-state index < -0.39 is 0 Å². The number of esters is 1. The Morgan fingerprint density at radius 3 is 2.41 bits per heavy atom. The van der Waals surface area contributed by atoms with Crippen LogP contribution in [0.3, 0.4) is 0 Å². The predicted octanol–water partition coefficient (Wildman–Crippen LogP) is 3.51. The van der Waals surface area contributed by atoms with Crippen molar-refractivity contribution in [2.45, 2.75) is 65.7 Å². The van der Waals surface area contributed by atoms with Crippen molar-refractivity contribution in [3.63, 3.8) is 0 Å². The average Bonchev–Trinajstić information content (AvgIpc) is 2.28. The van der Waals surface area contributed by atoms with Crippen LogP contribution in [0.5, 0.6) is 0 Å². The number of carbonyl (C=O) groups excluding carboxylic acids is 2. The Kier molecular flexibility index (Phi) is 9.78. The Morgan fingerprint density at radius 1 is 1.12 bits per heavy atom. The number of carbonyl (C=O) groups is 2. The molecule has 1 unspecified atom stereocenters. The van der Waals surface area contributed by atoms with E-state index >= 15 is 0 Å². The molecular formula is C14H26O3. The highest BCUT2D eigenvalue weighted by molar-refractivity contribution is 5.75. The Morgan fingerprint density at radius 2 is 1.82 bits per heavy atom. The Balaban J connectivity index is 3.46. The van der Waals surface area contributed by atoms with Gasteiger partial charge in [0, 0.05) is 6.42 Å². The van der Waals surface area contributed by atoms with Crippen molar-refractivity contribution in [3.05, 3.63) is 0 Å². The number of ether oxygens (including phenoxy) is 1. The van der Waals surface area contributed by atoms with E-state index in [-0.39, 0.29) is 17.7 Å². The minimum Gasteiger partial charge on any atom is -0.465 e. The second kappa shape index (κ2) is 10.3. The Labute approximate surface area is 105 Å². The van der Waals surface area contributed by atoms with Crippen LogP contribution < -0.4 is 0 Å². The van der Waals surface area contributed by atoms with Crippen LogP contribution >= 0.6 is 0 Å². The second-order valence-corrected chi connectivity index (χ2v) is 4.72. The summed E-state index contributed by atoms with van der Waals surface area (Å²) in [7, 11) is 0. The lowest BCUT2D eigenvalue weighted by Crippen LogP contribution is -2.15. The topological polar surface area (TPSA) is 43.4 Å². The maximum Gasteiger partial charge on any atom is 0.308 e. The van der Waals surface area contributed by atoms with Crippen molar-refractivity contribution in [2.75, 3.05) is 6.61 Å². The molecule has 0 radical (unpaired) electrons. The summed E-state index contributed by atoms with van der Waals surface area (Å²) in [6.45, 7) is 6.16. The van der Waals surface area contributed by atoms with E-state index in [9.17, 15) is 9.59 Å². The number of ketones is 1. The van der Waals surface area contributed by atoms with E-state index in [1.54, 1.807) is 6.92 Å². The molecule has 1 atom stereocenters. The van der Waals surface area contributed by atoms with Crippen LogP contribution in [0, 0.1) is 5.92 Å². The van der Waals surface area contributed by atoms with Gasteiger partial charge < -0.3 is 9.53 Å². The van der Waals surface area contributed by atoms with Crippen LogP contribution in [-0.2, 0) is 14.3 Å². The number of hydrogen-bond acceptors (Lipinski definition) is 3. The van der Waals surface area contributed by atoms with Gasteiger partial charge in [-0.15, -0.1) is 0 Å². The smallest absolute Gasteiger partial charge is 0.308 e. The first-order chi connectivity index (χ1) is 8.07. The van der Waals surface area contributed by atoms with Gasteiger partial charge in [0.2, 0.25) is 0 Å². The summed E-state index contributed by atoms with van der Waals surface area (Å²) >= 11 is 0. The molecular weight excluding hydrogens is 216 g/mol. The first kappa shape index (κ1) is 16.1. The third kappa shape index (κ3) is 10.0. The molecule has 0 bridgehead atoms. The highest BCUT2D eigenvalue weighted by Crippen LogP contribution is 2.12. The first-order valence-electron chi connectivity index (χ1n) is 6.74. The second-order valence-electron chi connectivity index (χ2n) is 4.72. The summed E-state index contributed by atoms with van der Waals surface area (Å²) in [6, 6.07) is 0. The van der Waals surface area contributed by atoms with Crippen molar-refractivity contribution in [3.8, 4) is 0 Å². The van der Waals surface area contributed by atoms with E-state index in [2.05, 4.69) is 6.92 Å². The minimum atomic E-state index is -0.0787. The first-order valence-corrected chi connectivity index (χ1v) is 6.74. The van der Waals surface area contributed by atoms with Crippen LogP contribution in [0.15, 0.2) is 0 Å². The van der Waals surface area contributed by atoms with E-state index in [1.165, 1.54) is 0 Å². The Hall–Kier alpha value is -0.860. The van der Waals surface area contributed by atoms with Gasteiger partial charge in [-0.3, -0.25) is 4.79 Å². The molecule has 0 saturated heterocycles. The van der Waals surface area contributed by atoms with Crippen LogP contribution in [0.2, 0.25) is 0 Å². The highest BCUT2D eigenvalue weighted by Gasteiger charge is 2.13. The van der Waals surface area contributed by atoms with Gasteiger partial charge >= 0.3 is 5.97 Å². The molecule has 0 aromatic heterocycles. The zero-order chi connectivity index (χ0) is 13.1. The zero-order valence-corrected chi connectivity index (χ0v) is 11.5. The molecule has 0 aromatic carbocycles. The lowest BCUT2D eigenvalue weighted by Gasteiger charge is -2.10. The van der Waals surface area contributed by atoms with E-state index in [0.29, 0.717) is 13.0 Å². The third-order valence-electron chi connectivity index (χ3n) is 2.81. The molecule has 0 N–H and O–H groups in total. The van der Waals surface area contributed by atoms with E-state index in [1.807, 2.05) is 6.92 Å². The molecule has 0 aromatic rings. The fraction of sp³-hybridized carbons (Fsp3) is 0.857. The molecule has 3 heteroatoms. The normalized spacial score (nSPS) is 12.2.